The Bertz CT molecular complexity index is 1400. The molecule has 0 aliphatic carbocycles. The van der Waals surface area contributed by atoms with E-state index in [-0.39, 0.29) is 23.4 Å². The molecule has 8 nitrogen and oxygen atoms in total. The van der Waals surface area contributed by atoms with Crippen LogP contribution < -0.4 is 14.4 Å². The van der Waals surface area contributed by atoms with Crippen molar-refractivity contribution in [2.75, 3.05) is 24.0 Å². The van der Waals surface area contributed by atoms with Gasteiger partial charge in [0.05, 0.1) is 17.2 Å². The van der Waals surface area contributed by atoms with Crippen LogP contribution in [0.3, 0.4) is 0 Å². The summed E-state index contributed by atoms with van der Waals surface area (Å²) < 4.78 is 34.5. The van der Waals surface area contributed by atoms with Gasteiger partial charge >= 0.3 is 0 Å². The molecule has 0 saturated carbocycles. The predicted octanol–water partition coefficient (Wildman–Crippen LogP) is 5.70. The molecular formula is C32H40ClN3O5S. The van der Waals surface area contributed by atoms with Crippen molar-refractivity contribution in [3.63, 3.8) is 0 Å². The molecule has 3 rings (SSSR count). The second-order valence-corrected chi connectivity index (χ2v) is 12.3. The first-order valence-corrected chi connectivity index (χ1v) is 16.1. The molecule has 2 atom stereocenters. The van der Waals surface area contributed by atoms with Crippen LogP contribution in [-0.4, -0.2) is 56.9 Å². The van der Waals surface area contributed by atoms with Gasteiger partial charge in [0.15, 0.2) is 0 Å². The molecule has 3 aromatic rings. The highest BCUT2D eigenvalue weighted by Gasteiger charge is 2.33. The molecule has 10 heteroatoms. The largest absolute Gasteiger partial charge is 0.494 e. The Kier molecular flexibility index (Phi) is 12.2. The molecule has 0 radical (unpaired) electrons. The third-order valence-electron chi connectivity index (χ3n) is 6.99. The zero-order chi connectivity index (χ0) is 30.7. The summed E-state index contributed by atoms with van der Waals surface area (Å²) in [5.74, 6) is -0.168. The maximum Gasteiger partial charge on any atom is 0.264 e. The number of ether oxygens (including phenoxy) is 1. The Labute approximate surface area is 254 Å². The lowest BCUT2D eigenvalue weighted by molar-refractivity contribution is -0.139. The van der Waals surface area contributed by atoms with Gasteiger partial charge in [0, 0.05) is 17.6 Å². The van der Waals surface area contributed by atoms with Gasteiger partial charge in [-0.2, -0.15) is 0 Å². The number of carbonyl (C=O) groups excluding carboxylic acids is 2. The van der Waals surface area contributed by atoms with Crippen molar-refractivity contribution in [3.8, 4) is 5.75 Å². The molecule has 0 heterocycles. The van der Waals surface area contributed by atoms with Crippen molar-refractivity contribution < 1.29 is 22.7 Å². The summed E-state index contributed by atoms with van der Waals surface area (Å²) in [5, 5.41) is 3.38. The minimum atomic E-state index is -4.18. The normalized spacial score (nSPS) is 12.7. The van der Waals surface area contributed by atoms with Gasteiger partial charge in [0.2, 0.25) is 11.8 Å². The lowest BCUT2D eigenvalue weighted by atomic mass is 10.1. The Morgan fingerprint density at radius 2 is 1.55 bits per heavy atom. The zero-order valence-corrected chi connectivity index (χ0v) is 26.2. The summed E-state index contributed by atoms with van der Waals surface area (Å²) in [6, 6.07) is 21.2. The molecule has 0 spiro atoms. The SMILES string of the molecule is CCOc1ccc(N(CC(=O)N(CCc2ccccc2)[C@@H](CC)C(=O)N[C@@H](C)CC)S(=O)(=O)c2ccc(Cl)cc2)cc1. The topological polar surface area (TPSA) is 96.0 Å². The highest BCUT2D eigenvalue weighted by atomic mass is 35.5. The number of hydrogen-bond donors (Lipinski definition) is 1. The third-order valence-corrected chi connectivity index (χ3v) is 9.03. The third kappa shape index (κ3) is 8.72. The lowest BCUT2D eigenvalue weighted by Crippen LogP contribution is -2.54. The molecule has 0 bridgehead atoms. The van der Waals surface area contributed by atoms with Crippen molar-refractivity contribution in [2.24, 2.45) is 0 Å². The fourth-order valence-corrected chi connectivity index (χ4v) is 6.01. The van der Waals surface area contributed by atoms with E-state index in [0.717, 1.165) is 16.3 Å². The molecule has 42 heavy (non-hydrogen) atoms. The van der Waals surface area contributed by atoms with Crippen LogP contribution in [0.15, 0.2) is 83.8 Å². The summed E-state index contributed by atoms with van der Waals surface area (Å²) in [6.07, 6.45) is 1.62. The number of anilines is 1. The second kappa shape index (κ2) is 15.6. The summed E-state index contributed by atoms with van der Waals surface area (Å²) in [5.41, 5.74) is 1.30. The number of rotatable bonds is 15. The van der Waals surface area contributed by atoms with Gasteiger partial charge in [0.1, 0.15) is 18.3 Å². The number of amides is 2. The van der Waals surface area contributed by atoms with E-state index in [1.807, 2.05) is 58.0 Å². The first-order chi connectivity index (χ1) is 20.1. The van der Waals surface area contributed by atoms with E-state index in [2.05, 4.69) is 5.32 Å². The lowest BCUT2D eigenvalue weighted by Gasteiger charge is -2.33. The quantitative estimate of drug-likeness (QED) is 0.237. The first kappa shape index (κ1) is 32.9. The summed E-state index contributed by atoms with van der Waals surface area (Å²) >= 11 is 6.02. The monoisotopic (exact) mass is 613 g/mol. The average Bonchev–Trinajstić information content (AvgIpc) is 2.99. The number of hydrogen-bond acceptors (Lipinski definition) is 5. The highest BCUT2D eigenvalue weighted by molar-refractivity contribution is 7.92. The van der Waals surface area contributed by atoms with Crippen molar-refractivity contribution in [2.45, 2.75) is 63.9 Å². The number of carbonyl (C=O) groups is 2. The van der Waals surface area contributed by atoms with Crippen LogP contribution in [0.2, 0.25) is 5.02 Å². The van der Waals surface area contributed by atoms with Gasteiger partial charge in [-0.15, -0.1) is 0 Å². The van der Waals surface area contributed by atoms with Crippen LogP contribution in [-0.2, 0) is 26.0 Å². The van der Waals surface area contributed by atoms with E-state index in [0.29, 0.717) is 35.9 Å². The van der Waals surface area contributed by atoms with E-state index in [1.54, 1.807) is 24.3 Å². The summed E-state index contributed by atoms with van der Waals surface area (Å²) in [4.78, 5) is 28.9. The Hall–Kier alpha value is -3.56. The number of sulfonamides is 1. The van der Waals surface area contributed by atoms with Crippen molar-refractivity contribution in [1.29, 1.82) is 0 Å². The first-order valence-electron chi connectivity index (χ1n) is 14.3. The van der Waals surface area contributed by atoms with Crippen LogP contribution in [0, 0.1) is 0 Å². The molecule has 0 aliphatic heterocycles. The van der Waals surface area contributed by atoms with E-state index < -0.39 is 28.5 Å². The predicted molar refractivity (Wildman–Crippen MR) is 167 cm³/mol. The van der Waals surface area contributed by atoms with Gasteiger partial charge in [-0.25, -0.2) is 8.42 Å². The molecule has 3 aromatic carbocycles. The van der Waals surface area contributed by atoms with Crippen LogP contribution in [0.5, 0.6) is 5.75 Å². The van der Waals surface area contributed by atoms with E-state index in [9.17, 15) is 18.0 Å². The maximum atomic E-state index is 14.1. The molecule has 1 N–H and O–H groups in total. The number of nitrogens with one attached hydrogen (secondary N) is 1. The van der Waals surface area contributed by atoms with E-state index in [4.69, 9.17) is 16.3 Å². The van der Waals surface area contributed by atoms with Crippen molar-refractivity contribution in [3.05, 3.63) is 89.4 Å². The van der Waals surface area contributed by atoms with Gasteiger partial charge in [-0.1, -0.05) is 55.8 Å². The summed E-state index contributed by atoms with van der Waals surface area (Å²) in [7, 11) is -4.18. The summed E-state index contributed by atoms with van der Waals surface area (Å²) in [6.45, 7) is 7.79. The standard InChI is InChI=1S/C32H40ClN3O5S/c1-5-24(4)34-32(38)30(6-2)35(22-21-25-11-9-8-10-12-25)31(37)23-36(27-15-17-28(18-16-27)41-7-3)42(39,40)29-19-13-26(33)14-20-29/h8-20,24,30H,5-7,21-23H2,1-4H3,(H,34,38)/t24-,30-/m0/s1. The Morgan fingerprint density at radius 1 is 0.905 bits per heavy atom. The molecule has 0 fully saturated rings. The van der Waals surface area contributed by atoms with E-state index in [1.165, 1.54) is 29.2 Å². The minimum Gasteiger partial charge on any atom is -0.494 e. The number of benzene rings is 3. The maximum absolute atomic E-state index is 14.1. The molecule has 226 valence electrons. The van der Waals surface area contributed by atoms with Gasteiger partial charge in [-0.3, -0.25) is 13.9 Å². The number of halogens is 1. The molecule has 0 aromatic heterocycles. The smallest absolute Gasteiger partial charge is 0.264 e. The Balaban J connectivity index is 2.01. The Morgan fingerprint density at radius 3 is 2.12 bits per heavy atom. The van der Waals surface area contributed by atoms with Crippen LogP contribution in [0.1, 0.15) is 46.1 Å². The zero-order valence-electron chi connectivity index (χ0n) is 24.6. The fourth-order valence-electron chi connectivity index (χ4n) is 4.47. The van der Waals surface area contributed by atoms with Gasteiger partial charge in [-0.05, 0) is 87.2 Å². The molecule has 0 saturated heterocycles. The average molecular weight is 614 g/mol. The van der Waals surface area contributed by atoms with Gasteiger partial charge in [0.25, 0.3) is 10.0 Å². The highest BCUT2D eigenvalue weighted by Crippen LogP contribution is 2.27. The second-order valence-electron chi connectivity index (χ2n) is 9.96. The molecule has 2 amide bonds. The van der Waals surface area contributed by atoms with Crippen molar-refractivity contribution >= 4 is 39.1 Å². The van der Waals surface area contributed by atoms with Crippen LogP contribution >= 0.6 is 11.6 Å². The van der Waals surface area contributed by atoms with Gasteiger partial charge < -0.3 is 15.0 Å². The van der Waals surface area contributed by atoms with Crippen LogP contribution in [0.4, 0.5) is 5.69 Å². The molecule has 0 aliphatic rings. The number of nitrogens with zero attached hydrogens (tertiary/aromatic N) is 2. The van der Waals surface area contributed by atoms with E-state index >= 15 is 0 Å². The molecule has 0 unspecified atom stereocenters. The van der Waals surface area contributed by atoms with Crippen molar-refractivity contribution in [1.82, 2.24) is 10.2 Å². The van der Waals surface area contributed by atoms with Crippen LogP contribution in [0.25, 0.3) is 0 Å². The minimum absolute atomic E-state index is 0.00836. The fraction of sp³-hybridized carbons (Fsp3) is 0.375. The molecular weight excluding hydrogens is 574 g/mol.